The molecule has 3 heteroatoms. The first-order chi connectivity index (χ1) is 5.11. The largest absolute Gasteiger partial charge is 0.287 e. The minimum atomic E-state index is -0.318. The molecule has 0 radical (unpaired) electrons. The Balaban J connectivity index is 3.57. The zero-order valence-corrected chi connectivity index (χ0v) is 7.41. The van der Waals surface area contributed by atoms with Gasteiger partial charge in [0, 0.05) is 0 Å². The van der Waals surface area contributed by atoms with Gasteiger partial charge in [0.25, 0.3) is 0 Å². The van der Waals surface area contributed by atoms with E-state index >= 15 is 0 Å². The van der Waals surface area contributed by atoms with Crippen molar-refractivity contribution in [1.82, 2.24) is 0 Å². The highest BCUT2D eigenvalue weighted by Gasteiger charge is 1.97. The third kappa shape index (κ3) is 1.95. The highest BCUT2D eigenvalue weighted by Crippen LogP contribution is 2.08. The van der Waals surface area contributed by atoms with E-state index in [1.54, 1.807) is 18.2 Å². The van der Waals surface area contributed by atoms with E-state index in [9.17, 15) is 4.79 Å². The van der Waals surface area contributed by atoms with Crippen molar-refractivity contribution in [3.05, 3.63) is 44.0 Å². The van der Waals surface area contributed by atoms with Gasteiger partial charge in [-0.1, -0.05) is 29.3 Å². The summed E-state index contributed by atoms with van der Waals surface area (Å²) in [5.41, 5.74) is 0.598. The second-order valence-electron chi connectivity index (χ2n) is 2.25. The van der Waals surface area contributed by atoms with E-state index in [4.69, 9.17) is 23.2 Å². The average molecular weight is 189 g/mol. The van der Waals surface area contributed by atoms with Gasteiger partial charge in [0.1, 0.15) is 0 Å². The summed E-state index contributed by atoms with van der Waals surface area (Å²) in [7, 11) is 0. The lowest BCUT2D eigenvalue weighted by Gasteiger charge is -1.79. The van der Waals surface area contributed by atoms with Gasteiger partial charge in [0.2, 0.25) is 5.43 Å². The summed E-state index contributed by atoms with van der Waals surface area (Å²) in [6, 6.07) is 4.89. The van der Waals surface area contributed by atoms with Crippen LogP contribution in [0.25, 0.3) is 0 Å². The van der Waals surface area contributed by atoms with Gasteiger partial charge in [-0.15, -0.1) is 0 Å². The Morgan fingerprint density at radius 1 is 1.18 bits per heavy atom. The van der Waals surface area contributed by atoms with Gasteiger partial charge in [-0.05, 0) is 24.6 Å². The second-order valence-corrected chi connectivity index (χ2v) is 3.06. The van der Waals surface area contributed by atoms with Crippen molar-refractivity contribution in [2.24, 2.45) is 0 Å². The van der Waals surface area contributed by atoms with Crippen LogP contribution in [-0.4, -0.2) is 0 Å². The molecule has 0 aliphatic heterocycles. The summed E-state index contributed by atoms with van der Waals surface area (Å²) in [5, 5.41) is 0.320. The van der Waals surface area contributed by atoms with Crippen molar-refractivity contribution in [2.45, 2.75) is 6.92 Å². The molecule has 0 saturated heterocycles. The SMILES string of the molecule is Cc1ccc(Cl)c(=O)c(Cl)c1. The number of hydrogen-bond acceptors (Lipinski definition) is 1. The number of rotatable bonds is 0. The molecular weight excluding hydrogens is 183 g/mol. The fraction of sp³-hybridized carbons (Fsp3) is 0.125. The maximum absolute atomic E-state index is 11.1. The summed E-state index contributed by atoms with van der Waals surface area (Å²) in [5.74, 6) is 0. The maximum atomic E-state index is 11.1. The quantitative estimate of drug-likeness (QED) is 0.613. The molecule has 0 aromatic heterocycles. The topological polar surface area (TPSA) is 17.1 Å². The molecular formula is C8H6Cl2O. The van der Waals surface area contributed by atoms with Crippen molar-refractivity contribution >= 4 is 23.2 Å². The Kier molecular flexibility index (Phi) is 2.53. The molecule has 0 fully saturated rings. The Hall–Kier alpha value is -0.530. The Labute approximate surface area is 74.6 Å². The Bertz CT molecular complexity index is 333. The van der Waals surface area contributed by atoms with Crippen LogP contribution in [0, 0.1) is 6.92 Å². The van der Waals surface area contributed by atoms with E-state index in [2.05, 4.69) is 0 Å². The fourth-order valence-corrected chi connectivity index (χ4v) is 1.19. The van der Waals surface area contributed by atoms with Gasteiger partial charge in [-0.25, -0.2) is 0 Å². The van der Waals surface area contributed by atoms with E-state index in [1.165, 1.54) is 0 Å². The molecule has 11 heavy (non-hydrogen) atoms. The molecule has 0 aliphatic carbocycles. The molecule has 0 amide bonds. The van der Waals surface area contributed by atoms with Crippen LogP contribution in [0.3, 0.4) is 0 Å². The van der Waals surface area contributed by atoms with Crippen LogP contribution in [0.2, 0.25) is 10.0 Å². The molecule has 58 valence electrons. The number of hydrogen-bond donors (Lipinski definition) is 0. The lowest BCUT2D eigenvalue weighted by molar-refractivity contribution is 1.51. The van der Waals surface area contributed by atoms with Crippen molar-refractivity contribution in [1.29, 1.82) is 0 Å². The van der Waals surface area contributed by atoms with Crippen molar-refractivity contribution < 1.29 is 0 Å². The molecule has 0 spiro atoms. The number of halogens is 2. The fourth-order valence-electron chi connectivity index (χ4n) is 0.708. The third-order valence-electron chi connectivity index (χ3n) is 1.28. The molecule has 0 atom stereocenters. The summed E-state index contributed by atoms with van der Waals surface area (Å²) in [6.07, 6.45) is 0. The van der Waals surface area contributed by atoms with Crippen LogP contribution in [0.4, 0.5) is 0 Å². The summed E-state index contributed by atoms with van der Waals surface area (Å²) in [4.78, 5) is 11.1. The summed E-state index contributed by atoms with van der Waals surface area (Å²) < 4.78 is 0. The highest BCUT2D eigenvalue weighted by molar-refractivity contribution is 6.34. The standard InChI is InChI=1S/C8H6Cl2O/c1-5-2-3-6(9)8(11)7(10)4-5/h2-4H,1H3. The molecule has 0 N–H and O–H groups in total. The van der Waals surface area contributed by atoms with E-state index in [0.717, 1.165) is 5.56 Å². The van der Waals surface area contributed by atoms with Crippen LogP contribution in [0.5, 0.6) is 0 Å². The molecule has 0 heterocycles. The third-order valence-corrected chi connectivity index (χ3v) is 1.86. The molecule has 1 nitrogen and oxygen atoms in total. The molecule has 0 bridgehead atoms. The predicted octanol–water partition coefficient (Wildman–Crippen LogP) is 2.66. The van der Waals surface area contributed by atoms with E-state index in [0.29, 0.717) is 0 Å². The summed E-state index contributed by atoms with van der Waals surface area (Å²) >= 11 is 11.2. The van der Waals surface area contributed by atoms with E-state index in [1.807, 2.05) is 6.92 Å². The maximum Gasteiger partial charge on any atom is 0.215 e. The van der Waals surface area contributed by atoms with E-state index < -0.39 is 0 Å². The van der Waals surface area contributed by atoms with Crippen molar-refractivity contribution in [3.63, 3.8) is 0 Å². The highest BCUT2D eigenvalue weighted by atomic mass is 35.5. The lowest BCUT2D eigenvalue weighted by atomic mass is 10.3. The normalized spacial score (nSPS) is 9.73. The molecule has 0 aliphatic rings. The van der Waals surface area contributed by atoms with Gasteiger partial charge in [0.05, 0.1) is 10.0 Å². The van der Waals surface area contributed by atoms with Gasteiger partial charge in [-0.3, -0.25) is 4.79 Å². The zero-order valence-electron chi connectivity index (χ0n) is 5.90. The average Bonchev–Trinajstić information content (AvgIpc) is 2.05. The first kappa shape index (κ1) is 8.57. The molecule has 1 aromatic carbocycles. The minimum absolute atomic E-state index is 0.156. The molecule has 1 aromatic rings. The first-order valence-corrected chi connectivity index (χ1v) is 3.83. The zero-order chi connectivity index (χ0) is 8.43. The van der Waals surface area contributed by atoms with Crippen molar-refractivity contribution in [3.8, 4) is 0 Å². The number of aryl methyl sites for hydroxylation is 1. The van der Waals surface area contributed by atoms with Crippen LogP contribution < -0.4 is 5.43 Å². The van der Waals surface area contributed by atoms with Crippen LogP contribution in [0.15, 0.2) is 23.0 Å². The predicted molar refractivity (Wildman–Crippen MR) is 47.5 cm³/mol. The lowest BCUT2D eigenvalue weighted by Crippen LogP contribution is -1.96. The van der Waals surface area contributed by atoms with Gasteiger partial charge < -0.3 is 0 Å². The Morgan fingerprint density at radius 3 is 2.45 bits per heavy atom. The Morgan fingerprint density at radius 2 is 1.82 bits per heavy atom. The second kappa shape index (κ2) is 3.24. The van der Waals surface area contributed by atoms with Gasteiger partial charge >= 0.3 is 0 Å². The van der Waals surface area contributed by atoms with Crippen molar-refractivity contribution in [2.75, 3.05) is 0 Å². The molecule has 0 saturated carbocycles. The van der Waals surface area contributed by atoms with E-state index in [-0.39, 0.29) is 15.5 Å². The van der Waals surface area contributed by atoms with Crippen LogP contribution in [0.1, 0.15) is 5.56 Å². The smallest absolute Gasteiger partial charge is 0.215 e. The van der Waals surface area contributed by atoms with Crippen LogP contribution >= 0.6 is 23.2 Å². The summed E-state index contributed by atoms with van der Waals surface area (Å²) in [6.45, 7) is 1.85. The first-order valence-electron chi connectivity index (χ1n) is 3.07. The molecule has 0 unspecified atom stereocenters. The molecule has 1 rings (SSSR count). The van der Waals surface area contributed by atoms with Gasteiger partial charge in [-0.2, -0.15) is 0 Å². The minimum Gasteiger partial charge on any atom is -0.287 e. The van der Waals surface area contributed by atoms with Gasteiger partial charge in [0.15, 0.2) is 0 Å². The van der Waals surface area contributed by atoms with Crippen LogP contribution in [-0.2, 0) is 0 Å². The monoisotopic (exact) mass is 188 g/mol.